The van der Waals surface area contributed by atoms with Crippen molar-refractivity contribution in [1.29, 1.82) is 0 Å². The third kappa shape index (κ3) is 4.92. The first-order valence-corrected chi connectivity index (χ1v) is 8.54. The SMILES string of the molecule is CO[C@H]1O[C@H](C(=O)NC[C@@H]2N[C@H](CNC(C)=O)[C@@H](O)[C@@H]2O)[C@@H](O)[C@H](O)[C@H]1O. The molecule has 2 aliphatic heterocycles. The smallest absolute Gasteiger partial charge is 0.252 e. The maximum absolute atomic E-state index is 12.3. The summed E-state index contributed by atoms with van der Waals surface area (Å²) in [6.07, 6.45) is -9.96. The summed E-state index contributed by atoms with van der Waals surface area (Å²) in [5.74, 6) is -1.07. The first-order valence-electron chi connectivity index (χ1n) is 8.54. The van der Waals surface area contributed by atoms with Crippen LogP contribution in [0.15, 0.2) is 0 Å². The minimum atomic E-state index is -1.68. The van der Waals surface area contributed by atoms with Gasteiger partial charge < -0.3 is 51.0 Å². The molecular formula is C15H27N3O9. The van der Waals surface area contributed by atoms with Crippen molar-refractivity contribution < 1.29 is 44.6 Å². The van der Waals surface area contributed by atoms with Gasteiger partial charge in [0.25, 0.3) is 5.91 Å². The Bertz CT molecular complexity index is 535. The van der Waals surface area contributed by atoms with E-state index in [-0.39, 0.29) is 19.0 Å². The first kappa shape index (κ1) is 21.9. The molecule has 0 aliphatic carbocycles. The van der Waals surface area contributed by atoms with Crippen LogP contribution in [-0.2, 0) is 19.1 Å². The fourth-order valence-electron chi connectivity index (χ4n) is 3.13. The van der Waals surface area contributed by atoms with E-state index in [9.17, 15) is 35.1 Å². The van der Waals surface area contributed by atoms with Crippen molar-refractivity contribution in [2.24, 2.45) is 0 Å². The summed E-state index contributed by atoms with van der Waals surface area (Å²) in [5, 5.41) is 57.4. The van der Waals surface area contributed by atoms with Crippen LogP contribution in [0.2, 0.25) is 0 Å². The maximum atomic E-state index is 12.3. The average Bonchev–Trinajstić information content (AvgIpc) is 2.90. The standard InChI is InChI=1S/C15H27N3O9/c1-5(19)16-3-6-8(20)9(21)7(18-6)4-17-14(25)13-11(23)10(22)12(24)15(26-2)27-13/h6-13,15,18,20-24H,3-4H2,1-2H3,(H,16,19)(H,17,25)/t6-,7+,8-,9-,10+,11+,12-,13+,15+/m1/s1. The van der Waals surface area contributed by atoms with E-state index in [1.807, 2.05) is 0 Å². The van der Waals surface area contributed by atoms with Crippen LogP contribution in [0.4, 0.5) is 0 Å². The van der Waals surface area contributed by atoms with Crippen LogP contribution in [0, 0.1) is 0 Å². The van der Waals surface area contributed by atoms with E-state index in [2.05, 4.69) is 16.0 Å². The number of amides is 2. The van der Waals surface area contributed by atoms with E-state index in [0.29, 0.717) is 0 Å². The van der Waals surface area contributed by atoms with Gasteiger partial charge in [-0.2, -0.15) is 0 Å². The molecule has 12 nitrogen and oxygen atoms in total. The highest BCUT2D eigenvalue weighted by molar-refractivity contribution is 5.81. The molecule has 27 heavy (non-hydrogen) atoms. The Labute approximate surface area is 155 Å². The van der Waals surface area contributed by atoms with Crippen molar-refractivity contribution in [3.63, 3.8) is 0 Å². The van der Waals surface area contributed by atoms with E-state index in [0.717, 1.165) is 0 Å². The summed E-state index contributed by atoms with van der Waals surface area (Å²) in [4.78, 5) is 23.3. The van der Waals surface area contributed by atoms with Gasteiger partial charge in [0.05, 0.1) is 24.3 Å². The molecule has 0 aromatic carbocycles. The number of methoxy groups -OCH3 is 1. The second-order valence-corrected chi connectivity index (χ2v) is 6.68. The molecule has 2 heterocycles. The Balaban J connectivity index is 1.90. The van der Waals surface area contributed by atoms with Crippen molar-refractivity contribution in [2.75, 3.05) is 20.2 Å². The maximum Gasteiger partial charge on any atom is 0.252 e. The Morgan fingerprint density at radius 2 is 1.48 bits per heavy atom. The molecule has 0 spiro atoms. The van der Waals surface area contributed by atoms with Gasteiger partial charge >= 0.3 is 0 Å². The van der Waals surface area contributed by atoms with Crippen LogP contribution in [0.25, 0.3) is 0 Å². The molecule has 2 amide bonds. The molecule has 0 aromatic rings. The summed E-state index contributed by atoms with van der Waals surface area (Å²) in [6, 6.07) is -1.31. The molecular weight excluding hydrogens is 366 g/mol. The van der Waals surface area contributed by atoms with Crippen molar-refractivity contribution >= 4 is 11.8 Å². The topological polar surface area (TPSA) is 190 Å². The van der Waals surface area contributed by atoms with Crippen LogP contribution >= 0.6 is 0 Å². The zero-order valence-corrected chi connectivity index (χ0v) is 15.0. The van der Waals surface area contributed by atoms with Crippen LogP contribution in [-0.4, -0.2) is 113 Å². The highest BCUT2D eigenvalue weighted by Crippen LogP contribution is 2.22. The molecule has 0 radical (unpaired) electrons. The molecule has 0 aromatic heterocycles. The molecule has 2 rings (SSSR count). The van der Waals surface area contributed by atoms with E-state index in [4.69, 9.17) is 9.47 Å². The number of aliphatic hydroxyl groups is 5. The van der Waals surface area contributed by atoms with Crippen molar-refractivity contribution in [3.05, 3.63) is 0 Å². The predicted molar refractivity (Wildman–Crippen MR) is 88.1 cm³/mol. The fraction of sp³-hybridized carbons (Fsp3) is 0.867. The van der Waals surface area contributed by atoms with Gasteiger partial charge in [-0.15, -0.1) is 0 Å². The molecule has 2 aliphatic rings. The van der Waals surface area contributed by atoms with Crippen LogP contribution < -0.4 is 16.0 Å². The molecule has 0 bridgehead atoms. The van der Waals surface area contributed by atoms with E-state index in [1.165, 1.54) is 14.0 Å². The fourth-order valence-corrected chi connectivity index (χ4v) is 3.13. The van der Waals surface area contributed by atoms with E-state index in [1.54, 1.807) is 0 Å². The molecule has 9 atom stereocenters. The monoisotopic (exact) mass is 393 g/mol. The zero-order valence-electron chi connectivity index (χ0n) is 15.0. The van der Waals surface area contributed by atoms with Gasteiger partial charge in [0, 0.05) is 27.1 Å². The number of carbonyl (C=O) groups is 2. The highest BCUT2D eigenvalue weighted by atomic mass is 16.7. The lowest BCUT2D eigenvalue weighted by Crippen LogP contribution is -2.62. The predicted octanol–water partition coefficient (Wildman–Crippen LogP) is -5.25. The number of nitrogens with one attached hydrogen (secondary N) is 3. The normalized spacial score (nSPS) is 42.0. The largest absolute Gasteiger partial charge is 0.389 e. The molecule has 12 heteroatoms. The lowest BCUT2D eigenvalue weighted by Gasteiger charge is -2.39. The molecule has 2 saturated heterocycles. The van der Waals surface area contributed by atoms with Gasteiger partial charge in [-0.3, -0.25) is 9.59 Å². The second kappa shape index (κ2) is 9.21. The van der Waals surface area contributed by atoms with Gasteiger partial charge in [0.2, 0.25) is 5.91 Å². The minimum absolute atomic E-state index is 0.0993. The Hall–Kier alpha value is -1.38. The summed E-state index contributed by atoms with van der Waals surface area (Å²) in [7, 11) is 1.21. The highest BCUT2D eigenvalue weighted by Gasteiger charge is 2.47. The number of hydrogen-bond acceptors (Lipinski definition) is 10. The Morgan fingerprint density at radius 1 is 0.926 bits per heavy atom. The summed E-state index contributed by atoms with van der Waals surface area (Å²) in [5.41, 5.74) is 0. The average molecular weight is 393 g/mol. The lowest BCUT2D eigenvalue weighted by molar-refractivity contribution is -0.283. The minimum Gasteiger partial charge on any atom is -0.389 e. The van der Waals surface area contributed by atoms with E-state index >= 15 is 0 Å². The van der Waals surface area contributed by atoms with Crippen molar-refractivity contribution in [2.45, 2.75) is 61.9 Å². The third-order valence-electron chi connectivity index (χ3n) is 4.73. The Kier molecular flexibility index (Phi) is 7.47. The first-order chi connectivity index (χ1) is 12.7. The van der Waals surface area contributed by atoms with Gasteiger partial charge in [-0.25, -0.2) is 0 Å². The molecule has 156 valence electrons. The van der Waals surface area contributed by atoms with Gasteiger partial charge in [-0.1, -0.05) is 0 Å². The second-order valence-electron chi connectivity index (χ2n) is 6.68. The zero-order chi connectivity index (χ0) is 20.3. The van der Waals surface area contributed by atoms with Gasteiger partial charge in [-0.05, 0) is 0 Å². The number of carbonyl (C=O) groups excluding carboxylic acids is 2. The molecule has 8 N–H and O–H groups in total. The molecule has 0 unspecified atom stereocenters. The summed E-state index contributed by atoms with van der Waals surface area (Å²) < 4.78 is 10.00. The number of rotatable bonds is 6. The quantitative estimate of drug-likeness (QED) is 0.216. The third-order valence-corrected chi connectivity index (χ3v) is 4.73. The number of hydrogen-bond donors (Lipinski definition) is 8. The van der Waals surface area contributed by atoms with Crippen LogP contribution in [0.3, 0.4) is 0 Å². The summed E-state index contributed by atoms with van der Waals surface area (Å²) >= 11 is 0. The summed E-state index contributed by atoms with van der Waals surface area (Å²) in [6.45, 7) is 1.31. The van der Waals surface area contributed by atoms with Gasteiger partial charge in [0.15, 0.2) is 12.4 Å². The number of aliphatic hydroxyl groups excluding tert-OH is 5. The Morgan fingerprint density at radius 3 is 2.00 bits per heavy atom. The number of ether oxygens (including phenoxy) is 2. The van der Waals surface area contributed by atoms with Crippen LogP contribution in [0.1, 0.15) is 6.92 Å². The molecule has 2 fully saturated rings. The lowest BCUT2D eigenvalue weighted by atomic mass is 9.98. The van der Waals surface area contributed by atoms with Crippen LogP contribution in [0.5, 0.6) is 0 Å². The van der Waals surface area contributed by atoms with Crippen molar-refractivity contribution in [3.8, 4) is 0 Å². The van der Waals surface area contributed by atoms with Crippen molar-refractivity contribution in [1.82, 2.24) is 16.0 Å². The van der Waals surface area contributed by atoms with E-state index < -0.39 is 60.9 Å². The molecule has 0 saturated carbocycles. The van der Waals surface area contributed by atoms with Gasteiger partial charge in [0.1, 0.15) is 18.3 Å².